The van der Waals surface area contributed by atoms with Crippen molar-refractivity contribution < 1.29 is 4.74 Å². The smallest absolute Gasteiger partial charge is 0.145 e. The lowest BCUT2D eigenvalue weighted by atomic mass is 10.0. The van der Waals surface area contributed by atoms with Crippen molar-refractivity contribution in [3.63, 3.8) is 0 Å². The molecule has 1 heterocycles. The molecule has 0 aliphatic heterocycles. The van der Waals surface area contributed by atoms with Crippen LogP contribution < -0.4 is 10.5 Å². The van der Waals surface area contributed by atoms with Crippen molar-refractivity contribution in [1.82, 2.24) is 4.98 Å². The first-order valence-corrected chi connectivity index (χ1v) is 5.90. The number of methoxy groups -OCH3 is 1. The highest BCUT2D eigenvalue weighted by molar-refractivity contribution is 5.89. The van der Waals surface area contributed by atoms with Gasteiger partial charge in [0, 0.05) is 5.39 Å². The van der Waals surface area contributed by atoms with Crippen LogP contribution in [0.3, 0.4) is 0 Å². The van der Waals surface area contributed by atoms with Gasteiger partial charge in [-0.1, -0.05) is 19.4 Å². The molecule has 0 aliphatic carbocycles. The molecule has 3 heteroatoms. The quantitative estimate of drug-likeness (QED) is 0.881. The monoisotopic (exact) mass is 230 g/mol. The third-order valence-corrected chi connectivity index (χ3v) is 3.02. The van der Waals surface area contributed by atoms with Crippen molar-refractivity contribution in [2.75, 3.05) is 12.8 Å². The maximum absolute atomic E-state index is 5.98. The van der Waals surface area contributed by atoms with Crippen molar-refractivity contribution in [2.24, 2.45) is 0 Å². The molecule has 2 N–H and O–H groups in total. The van der Waals surface area contributed by atoms with Crippen LogP contribution in [0.2, 0.25) is 0 Å². The molecule has 0 saturated carbocycles. The number of hydrogen-bond donors (Lipinski definition) is 1. The first-order valence-electron chi connectivity index (χ1n) is 5.90. The zero-order chi connectivity index (χ0) is 12.4. The second-order valence-corrected chi connectivity index (χ2v) is 4.26. The van der Waals surface area contributed by atoms with Gasteiger partial charge >= 0.3 is 0 Å². The highest BCUT2D eigenvalue weighted by Crippen LogP contribution is 2.29. The van der Waals surface area contributed by atoms with Crippen LogP contribution >= 0.6 is 0 Å². The number of anilines is 1. The van der Waals surface area contributed by atoms with E-state index in [2.05, 4.69) is 31.0 Å². The minimum Gasteiger partial charge on any atom is -0.494 e. The number of nitrogen functional groups attached to an aromatic ring is 1. The van der Waals surface area contributed by atoms with E-state index in [0.717, 1.165) is 35.1 Å². The molecule has 2 rings (SSSR count). The Hall–Kier alpha value is -1.77. The molecule has 0 unspecified atom stereocenters. The normalized spacial score (nSPS) is 10.8. The van der Waals surface area contributed by atoms with Crippen LogP contribution in [-0.4, -0.2) is 12.1 Å². The van der Waals surface area contributed by atoms with E-state index in [1.807, 2.05) is 6.07 Å². The lowest BCUT2D eigenvalue weighted by Crippen LogP contribution is -2.00. The largest absolute Gasteiger partial charge is 0.494 e. The second kappa shape index (κ2) is 4.62. The van der Waals surface area contributed by atoms with E-state index in [4.69, 9.17) is 10.5 Å². The number of fused-ring (bicyclic) bond motifs is 1. The van der Waals surface area contributed by atoms with Crippen molar-refractivity contribution >= 4 is 16.7 Å². The maximum Gasteiger partial charge on any atom is 0.145 e. The van der Waals surface area contributed by atoms with Gasteiger partial charge in [-0.3, -0.25) is 0 Å². The molecule has 17 heavy (non-hydrogen) atoms. The fourth-order valence-corrected chi connectivity index (χ4v) is 2.06. The van der Waals surface area contributed by atoms with Crippen LogP contribution in [0.15, 0.2) is 18.2 Å². The molecule has 2 aromatic rings. The van der Waals surface area contributed by atoms with Gasteiger partial charge in [-0.2, -0.15) is 0 Å². The molecule has 0 amide bonds. The number of nitrogens with two attached hydrogens (primary N) is 1. The van der Waals surface area contributed by atoms with Gasteiger partial charge in [0.2, 0.25) is 0 Å². The van der Waals surface area contributed by atoms with Crippen LogP contribution in [0.4, 0.5) is 5.82 Å². The second-order valence-electron chi connectivity index (χ2n) is 4.26. The molecule has 0 fully saturated rings. The Kier molecular flexibility index (Phi) is 3.18. The minimum atomic E-state index is 0.614. The van der Waals surface area contributed by atoms with Gasteiger partial charge in [-0.25, -0.2) is 4.98 Å². The summed E-state index contributed by atoms with van der Waals surface area (Å²) < 4.78 is 5.32. The molecule has 1 aromatic heterocycles. The third-order valence-electron chi connectivity index (χ3n) is 3.02. The Morgan fingerprint density at radius 3 is 2.76 bits per heavy atom. The SMILES string of the molecule is CCCc1cc2c(C)ccc(OC)c2nc1N. The number of pyridine rings is 1. The van der Waals surface area contributed by atoms with Crippen molar-refractivity contribution in [2.45, 2.75) is 26.7 Å². The molecular weight excluding hydrogens is 212 g/mol. The Balaban J connectivity index is 2.72. The van der Waals surface area contributed by atoms with Crippen LogP contribution in [0.25, 0.3) is 10.9 Å². The number of nitrogens with zero attached hydrogens (tertiary/aromatic N) is 1. The van der Waals surface area contributed by atoms with Crippen LogP contribution in [0.5, 0.6) is 5.75 Å². The zero-order valence-corrected chi connectivity index (χ0v) is 10.6. The summed E-state index contributed by atoms with van der Waals surface area (Å²) in [6.45, 7) is 4.22. The van der Waals surface area contributed by atoms with E-state index in [1.54, 1.807) is 7.11 Å². The average Bonchev–Trinajstić information content (AvgIpc) is 2.32. The predicted molar refractivity (Wildman–Crippen MR) is 71.4 cm³/mol. The molecule has 0 aliphatic rings. The Morgan fingerprint density at radius 2 is 2.12 bits per heavy atom. The number of ether oxygens (including phenoxy) is 1. The van der Waals surface area contributed by atoms with Crippen molar-refractivity contribution in [1.29, 1.82) is 0 Å². The average molecular weight is 230 g/mol. The summed E-state index contributed by atoms with van der Waals surface area (Å²) in [4.78, 5) is 4.48. The molecule has 3 nitrogen and oxygen atoms in total. The molecular formula is C14H18N2O. The lowest BCUT2D eigenvalue weighted by Gasteiger charge is -2.11. The first kappa shape index (κ1) is 11.7. The molecule has 0 radical (unpaired) electrons. The first-order chi connectivity index (χ1) is 8.17. The van der Waals surface area contributed by atoms with Gasteiger partial charge in [0.25, 0.3) is 0 Å². The van der Waals surface area contributed by atoms with E-state index in [-0.39, 0.29) is 0 Å². The number of aryl methyl sites for hydroxylation is 2. The third kappa shape index (κ3) is 2.05. The van der Waals surface area contributed by atoms with Crippen molar-refractivity contribution in [3.8, 4) is 5.75 Å². The number of benzene rings is 1. The Labute approximate surface area is 102 Å². The van der Waals surface area contributed by atoms with Crippen molar-refractivity contribution in [3.05, 3.63) is 29.3 Å². The zero-order valence-electron chi connectivity index (χ0n) is 10.6. The molecule has 0 atom stereocenters. The standard InChI is InChI=1S/C14H18N2O/c1-4-5-10-8-11-9(2)6-7-12(17-3)13(11)16-14(10)15/h6-8H,4-5H2,1-3H3,(H2,15,16). The summed E-state index contributed by atoms with van der Waals surface area (Å²) in [7, 11) is 1.65. The Bertz CT molecular complexity index is 549. The summed E-state index contributed by atoms with van der Waals surface area (Å²) in [6, 6.07) is 6.12. The van der Waals surface area contributed by atoms with Gasteiger partial charge in [-0.15, -0.1) is 0 Å². The molecule has 0 bridgehead atoms. The minimum absolute atomic E-state index is 0.614. The number of rotatable bonds is 3. The lowest BCUT2D eigenvalue weighted by molar-refractivity contribution is 0.419. The fourth-order valence-electron chi connectivity index (χ4n) is 2.06. The molecule has 90 valence electrons. The van der Waals surface area contributed by atoms with E-state index in [9.17, 15) is 0 Å². The molecule has 1 aromatic carbocycles. The number of hydrogen-bond acceptors (Lipinski definition) is 3. The summed E-state index contributed by atoms with van der Waals surface area (Å²) in [5.41, 5.74) is 9.15. The van der Waals surface area contributed by atoms with Gasteiger partial charge in [0.1, 0.15) is 17.1 Å². The van der Waals surface area contributed by atoms with Gasteiger partial charge < -0.3 is 10.5 Å². The summed E-state index contributed by atoms with van der Waals surface area (Å²) >= 11 is 0. The fraction of sp³-hybridized carbons (Fsp3) is 0.357. The van der Waals surface area contributed by atoms with Gasteiger partial charge in [-0.05, 0) is 36.6 Å². The predicted octanol–water partition coefficient (Wildman–Crippen LogP) is 3.09. The van der Waals surface area contributed by atoms with Crippen LogP contribution in [0.1, 0.15) is 24.5 Å². The van der Waals surface area contributed by atoms with Crippen LogP contribution in [0, 0.1) is 6.92 Å². The van der Waals surface area contributed by atoms with Gasteiger partial charge in [0.05, 0.1) is 7.11 Å². The molecule has 0 spiro atoms. The summed E-state index contributed by atoms with van der Waals surface area (Å²) in [5, 5.41) is 1.13. The summed E-state index contributed by atoms with van der Waals surface area (Å²) in [6.07, 6.45) is 2.03. The van der Waals surface area contributed by atoms with E-state index < -0.39 is 0 Å². The van der Waals surface area contributed by atoms with E-state index >= 15 is 0 Å². The number of aromatic nitrogens is 1. The molecule has 0 saturated heterocycles. The highest BCUT2D eigenvalue weighted by Gasteiger charge is 2.09. The topological polar surface area (TPSA) is 48.1 Å². The van der Waals surface area contributed by atoms with E-state index in [0.29, 0.717) is 5.82 Å². The Morgan fingerprint density at radius 1 is 1.35 bits per heavy atom. The van der Waals surface area contributed by atoms with Gasteiger partial charge in [0.15, 0.2) is 0 Å². The summed E-state index contributed by atoms with van der Waals surface area (Å²) in [5.74, 6) is 1.39. The van der Waals surface area contributed by atoms with Crippen LogP contribution in [-0.2, 0) is 6.42 Å². The van der Waals surface area contributed by atoms with E-state index in [1.165, 1.54) is 5.56 Å². The highest BCUT2D eigenvalue weighted by atomic mass is 16.5. The maximum atomic E-state index is 5.98.